The lowest BCUT2D eigenvalue weighted by Gasteiger charge is -2.34. The second-order valence-electron chi connectivity index (χ2n) is 5.05. The zero-order valence-corrected chi connectivity index (χ0v) is 12.9. The zero-order chi connectivity index (χ0) is 15.2. The molecule has 1 amide bonds. The molecule has 2 rings (SSSR count). The molecule has 21 heavy (non-hydrogen) atoms. The predicted octanol–water partition coefficient (Wildman–Crippen LogP) is 1.81. The molecule has 1 aliphatic rings. The molecule has 1 saturated heterocycles. The Morgan fingerprint density at radius 1 is 1.57 bits per heavy atom. The number of rotatable bonds is 5. The van der Waals surface area contributed by atoms with Crippen molar-refractivity contribution in [1.29, 1.82) is 0 Å². The molecule has 2 N–H and O–H groups in total. The maximum Gasteiger partial charge on any atom is 0.239 e. The second-order valence-corrected chi connectivity index (χ2v) is 6.04. The second kappa shape index (κ2) is 7.77. The fourth-order valence-electron chi connectivity index (χ4n) is 2.38. The molecule has 116 valence electrons. The Bertz CT molecular complexity index is 486. The van der Waals surface area contributed by atoms with Crippen LogP contribution < -0.4 is 5.73 Å². The van der Waals surface area contributed by atoms with Crippen molar-refractivity contribution in [1.82, 2.24) is 4.90 Å². The van der Waals surface area contributed by atoms with Crippen molar-refractivity contribution in [3.63, 3.8) is 0 Å². The van der Waals surface area contributed by atoms with Crippen LogP contribution in [0.3, 0.4) is 0 Å². The Morgan fingerprint density at radius 2 is 2.33 bits per heavy atom. The number of amides is 1. The fraction of sp³-hybridized carbons (Fsp3) is 0.533. The van der Waals surface area contributed by atoms with Gasteiger partial charge in [-0.15, -0.1) is 0 Å². The molecule has 0 aliphatic carbocycles. The summed E-state index contributed by atoms with van der Waals surface area (Å²) >= 11 is 1.67. The van der Waals surface area contributed by atoms with E-state index >= 15 is 0 Å². The van der Waals surface area contributed by atoms with Gasteiger partial charge in [-0.05, 0) is 24.5 Å². The van der Waals surface area contributed by atoms with E-state index in [1.165, 1.54) is 6.07 Å². The number of nitrogens with two attached hydrogens (primary N) is 1. The third-order valence-electron chi connectivity index (χ3n) is 3.58. The lowest BCUT2D eigenvalue weighted by Crippen LogP contribution is -2.49. The van der Waals surface area contributed by atoms with Crippen molar-refractivity contribution in [2.24, 2.45) is 5.73 Å². The molecule has 4 nitrogen and oxygen atoms in total. The summed E-state index contributed by atoms with van der Waals surface area (Å²) in [5.41, 5.74) is 6.42. The van der Waals surface area contributed by atoms with Gasteiger partial charge in [-0.1, -0.05) is 18.2 Å². The number of carbonyl (C=O) groups is 1. The van der Waals surface area contributed by atoms with Gasteiger partial charge in [0.05, 0.1) is 19.2 Å². The normalized spacial score (nSPS) is 20.3. The average molecular weight is 312 g/mol. The van der Waals surface area contributed by atoms with Crippen LogP contribution in [0.5, 0.6) is 0 Å². The van der Waals surface area contributed by atoms with Gasteiger partial charge in [-0.2, -0.15) is 11.8 Å². The highest BCUT2D eigenvalue weighted by atomic mass is 32.2. The van der Waals surface area contributed by atoms with Crippen LogP contribution in [-0.2, 0) is 9.53 Å². The van der Waals surface area contributed by atoms with Gasteiger partial charge in [0.1, 0.15) is 11.9 Å². The molecule has 1 aliphatic heterocycles. The molecule has 1 aromatic rings. The predicted molar refractivity (Wildman–Crippen MR) is 82.6 cm³/mol. The molecule has 0 spiro atoms. The molecule has 1 aromatic carbocycles. The van der Waals surface area contributed by atoms with Crippen molar-refractivity contribution in [3.8, 4) is 0 Å². The number of morpholine rings is 1. The Hall–Kier alpha value is -1.11. The summed E-state index contributed by atoms with van der Waals surface area (Å²) in [6.45, 7) is 1.27. The maximum atomic E-state index is 13.8. The van der Waals surface area contributed by atoms with E-state index < -0.39 is 12.1 Å². The number of nitrogens with zero attached hydrogens (tertiary/aromatic N) is 1. The molecule has 1 fully saturated rings. The molecule has 0 bridgehead atoms. The Morgan fingerprint density at radius 3 is 3.05 bits per heavy atom. The van der Waals surface area contributed by atoms with Gasteiger partial charge in [-0.3, -0.25) is 4.79 Å². The third-order valence-corrected chi connectivity index (χ3v) is 4.22. The number of hydrogen-bond acceptors (Lipinski definition) is 4. The highest BCUT2D eigenvalue weighted by Crippen LogP contribution is 2.24. The molecule has 6 heteroatoms. The topological polar surface area (TPSA) is 55.6 Å². The summed E-state index contributed by atoms with van der Waals surface area (Å²) in [4.78, 5) is 14.0. The van der Waals surface area contributed by atoms with E-state index in [1.807, 2.05) is 6.26 Å². The quantitative estimate of drug-likeness (QED) is 0.901. The fourth-order valence-corrected chi connectivity index (χ4v) is 2.87. The molecule has 0 radical (unpaired) electrons. The van der Waals surface area contributed by atoms with Crippen LogP contribution in [0, 0.1) is 5.82 Å². The Labute approximate surface area is 128 Å². The summed E-state index contributed by atoms with van der Waals surface area (Å²) in [6, 6.07) is 6.03. The van der Waals surface area contributed by atoms with Crippen LogP contribution in [0.1, 0.15) is 18.1 Å². The smallest absolute Gasteiger partial charge is 0.239 e. The van der Waals surface area contributed by atoms with Crippen LogP contribution >= 0.6 is 11.8 Å². The van der Waals surface area contributed by atoms with Crippen molar-refractivity contribution in [2.45, 2.75) is 18.6 Å². The van der Waals surface area contributed by atoms with E-state index in [2.05, 4.69) is 0 Å². The molecule has 1 unspecified atom stereocenters. The summed E-state index contributed by atoms with van der Waals surface area (Å²) in [5.74, 6) is 0.478. The summed E-state index contributed by atoms with van der Waals surface area (Å²) < 4.78 is 19.4. The van der Waals surface area contributed by atoms with E-state index in [0.717, 1.165) is 5.75 Å². The highest BCUT2D eigenvalue weighted by molar-refractivity contribution is 7.98. The molecule has 2 atom stereocenters. The Balaban J connectivity index is 2.00. The number of benzene rings is 1. The van der Waals surface area contributed by atoms with E-state index in [0.29, 0.717) is 31.7 Å². The monoisotopic (exact) mass is 312 g/mol. The summed E-state index contributed by atoms with van der Waals surface area (Å²) in [5, 5.41) is 0. The van der Waals surface area contributed by atoms with Gasteiger partial charge in [0.25, 0.3) is 0 Å². The lowest BCUT2D eigenvalue weighted by atomic mass is 10.1. The van der Waals surface area contributed by atoms with Gasteiger partial charge < -0.3 is 15.4 Å². The third kappa shape index (κ3) is 4.18. The van der Waals surface area contributed by atoms with E-state index in [4.69, 9.17) is 10.5 Å². The molecule has 1 heterocycles. The van der Waals surface area contributed by atoms with Crippen molar-refractivity contribution in [2.75, 3.05) is 31.7 Å². The zero-order valence-electron chi connectivity index (χ0n) is 12.1. The minimum absolute atomic E-state index is 0.0753. The molecule has 0 aromatic heterocycles. The van der Waals surface area contributed by atoms with Gasteiger partial charge in [0.15, 0.2) is 0 Å². The molecular weight excluding hydrogens is 291 g/mol. The standard InChI is InChI=1S/C15H21FN2O2S/c1-21-9-6-13(17)15(19)18-7-8-20-14(10-18)11-4-2-3-5-12(11)16/h2-5,13-14H,6-10,17H2,1H3/t13-,14?/m0/s1. The first-order valence-corrected chi connectivity index (χ1v) is 8.42. The molecule has 0 saturated carbocycles. The lowest BCUT2D eigenvalue weighted by molar-refractivity contribution is -0.140. The first-order chi connectivity index (χ1) is 10.1. The van der Waals surface area contributed by atoms with Crippen LogP contribution in [0.15, 0.2) is 24.3 Å². The molecular formula is C15H21FN2O2S. The number of thioether (sulfide) groups is 1. The number of ether oxygens (including phenoxy) is 1. The Kier molecular flexibility index (Phi) is 6.02. The van der Waals surface area contributed by atoms with Crippen molar-refractivity contribution < 1.29 is 13.9 Å². The van der Waals surface area contributed by atoms with Gasteiger partial charge in [0, 0.05) is 12.1 Å². The number of hydrogen-bond donors (Lipinski definition) is 1. The van der Waals surface area contributed by atoms with Gasteiger partial charge in [-0.25, -0.2) is 4.39 Å². The number of halogens is 1. The summed E-state index contributed by atoms with van der Waals surface area (Å²) in [7, 11) is 0. The van der Waals surface area contributed by atoms with Crippen molar-refractivity contribution >= 4 is 17.7 Å². The van der Waals surface area contributed by atoms with E-state index in [1.54, 1.807) is 34.9 Å². The minimum atomic E-state index is -0.489. The number of carbonyl (C=O) groups excluding carboxylic acids is 1. The van der Waals surface area contributed by atoms with Crippen LogP contribution in [0.4, 0.5) is 4.39 Å². The first-order valence-electron chi connectivity index (χ1n) is 7.02. The van der Waals surface area contributed by atoms with Crippen LogP contribution in [0.25, 0.3) is 0 Å². The first kappa shape index (κ1) is 16.3. The van der Waals surface area contributed by atoms with Crippen LogP contribution in [0.2, 0.25) is 0 Å². The van der Waals surface area contributed by atoms with Crippen LogP contribution in [-0.4, -0.2) is 48.6 Å². The summed E-state index contributed by atoms with van der Waals surface area (Å²) in [6.07, 6.45) is 2.22. The maximum absolute atomic E-state index is 13.8. The largest absolute Gasteiger partial charge is 0.370 e. The highest BCUT2D eigenvalue weighted by Gasteiger charge is 2.29. The van der Waals surface area contributed by atoms with Crippen molar-refractivity contribution in [3.05, 3.63) is 35.6 Å². The van der Waals surface area contributed by atoms with Gasteiger partial charge >= 0.3 is 0 Å². The van der Waals surface area contributed by atoms with Gasteiger partial charge in [0.2, 0.25) is 5.91 Å². The van der Waals surface area contributed by atoms with E-state index in [-0.39, 0.29) is 11.7 Å². The average Bonchev–Trinajstić information content (AvgIpc) is 2.52. The van der Waals surface area contributed by atoms with E-state index in [9.17, 15) is 9.18 Å². The SMILES string of the molecule is CSCC[C@H](N)C(=O)N1CCOC(c2ccccc2F)C1. The minimum Gasteiger partial charge on any atom is -0.370 e.